The molecule has 10 heteroatoms. The van der Waals surface area contributed by atoms with Crippen LogP contribution in [0.1, 0.15) is 23.0 Å². The predicted octanol–water partition coefficient (Wildman–Crippen LogP) is 3.86. The highest BCUT2D eigenvalue weighted by Gasteiger charge is 2.30. The number of ether oxygens (including phenoxy) is 1. The fraction of sp³-hybridized carbons (Fsp3) is 0.150. The van der Waals surface area contributed by atoms with Gasteiger partial charge in [0, 0.05) is 11.9 Å². The molecule has 30 heavy (non-hydrogen) atoms. The Kier molecular flexibility index (Phi) is 4.69. The SMILES string of the molecule is C[C@H]1Oc2ccc(NC(=O)c3ccn(-c4cccc(C(F)(F)F)c4)n3)cc2NC1=O. The minimum absolute atomic E-state index is 0.0130. The van der Waals surface area contributed by atoms with E-state index in [2.05, 4.69) is 15.7 Å². The van der Waals surface area contributed by atoms with Crippen LogP contribution in [-0.2, 0) is 11.0 Å². The Labute approximate surface area is 168 Å². The molecule has 1 aliphatic rings. The second kappa shape index (κ2) is 7.21. The van der Waals surface area contributed by atoms with Crippen molar-refractivity contribution < 1.29 is 27.5 Å². The molecule has 3 aromatic rings. The highest BCUT2D eigenvalue weighted by atomic mass is 19.4. The Morgan fingerprint density at radius 2 is 2.00 bits per heavy atom. The van der Waals surface area contributed by atoms with Crippen molar-refractivity contribution in [3.63, 3.8) is 0 Å². The number of benzene rings is 2. The average molecular weight is 416 g/mol. The standard InChI is InChI=1S/C20H15F3N4O3/c1-11-18(28)25-16-10-13(5-6-17(16)30-11)24-19(29)15-7-8-27(26-15)14-4-2-3-12(9-14)20(21,22)23/h2-11H,1H3,(H,24,29)(H,25,28)/t11-/m1/s1. The van der Waals surface area contributed by atoms with Gasteiger partial charge in [0.1, 0.15) is 5.75 Å². The zero-order valence-corrected chi connectivity index (χ0v) is 15.5. The highest BCUT2D eigenvalue weighted by Crippen LogP contribution is 2.32. The minimum atomic E-state index is -4.48. The highest BCUT2D eigenvalue weighted by molar-refractivity contribution is 6.04. The summed E-state index contributed by atoms with van der Waals surface area (Å²) in [6.07, 6.45) is -3.70. The fourth-order valence-corrected chi connectivity index (χ4v) is 2.90. The smallest absolute Gasteiger partial charge is 0.416 e. The molecule has 2 heterocycles. The Hall–Kier alpha value is -3.82. The fourth-order valence-electron chi connectivity index (χ4n) is 2.90. The van der Waals surface area contributed by atoms with Crippen molar-refractivity contribution in [2.45, 2.75) is 19.2 Å². The summed E-state index contributed by atoms with van der Waals surface area (Å²) in [5.74, 6) is -0.378. The number of carbonyl (C=O) groups excluding carboxylic acids is 2. The quantitative estimate of drug-likeness (QED) is 0.679. The maximum Gasteiger partial charge on any atom is 0.416 e. The number of nitrogens with zero attached hydrogens (tertiary/aromatic N) is 2. The zero-order chi connectivity index (χ0) is 21.5. The molecule has 2 N–H and O–H groups in total. The third-order valence-corrected chi connectivity index (χ3v) is 4.43. The normalized spacial score (nSPS) is 15.7. The van der Waals surface area contributed by atoms with Crippen LogP contribution in [0.5, 0.6) is 5.75 Å². The second-order valence-corrected chi connectivity index (χ2v) is 6.61. The summed E-state index contributed by atoms with van der Waals surface area (Å²) in [4.78, 5) is 24.2. The molecule has 7 nitrogen and oxygen atoms in total. The van der Waals surface area contributed by atoms with E-state index in [0.717, 1.165) is 12.1 Å². The molecule has 4 rings (SSSR count). The average Bonchev–Trinajstić information content (AvgIpc) is 3.19. The summed E-state index contributed by atoms with van der Waals surface area (Å²) in [6.45, 7) is 1.62. The van der Waals surface area contributed by atoms with Crippen LogP contribution >= 0.6 is 0 Å². The van der Waals surface area contributed by atoms with Gasteiger partial charge in [0.05, 0.1) is 16.9 Å². The molecule has 1 aliphatic heterocycles. The van der Waals surface area contributed by atoms with Gasteiger partial charge < -0.3 is 15.4 Å². The predicted molar refractivity (Wildman–Crippen MR) is 102 cm³/mol. The van der Waals surface area contributed by atoms with Crippen molar-refractivity contribution in [1.29, 1.82) is 0 Å². The minimum Gasteiger partial charge on any atom is -0.479 e. The molecule has 0 fully saturated rings. The molecule has 2 aromatic carbocycles. The van der Waals surface area contributed by atoms with Crippen molar-refractivity contribution in [1.82, 2.24) is 9.78 Å². The molecule has 0 saturated heterocycles. The second-order valence-electron chi connectivity index (χ2n) is 6.61. The van der Waals surface area contributed by atoms with Gasteiger partial charge in [0.25, 0.3) is 11.8 Å². The lowest BCUT2D eigenvalue weighted by Crippen LogP contribution is -2.34. The van der Waals surface area contributed by atoms with Gasteiger partial charge in [0.2, 0.25) is 0 Å². The zero-order valence-electron chi connectivity index (χ0n) is 15.5. The van der Waals surface area contributed by atoms with Crippen LogP contribution in [0.15, 0.2) is 54.7 Å². The van der Waals surface area contributed by atoms with E-state index in [1.807, 2.05) is 0 Å². The van der Waals surface area contributed by atoms with E-state index in [1.165, 1.54) is 29.1 Å². The Bertz CT molecular complexity index is 1140. The third kappa shape index (κ3) is 3.84. The lowest BCUT2D eigenvalue weighted by atomic mass is 10.2. The van der Waals surface area contributed by atoms with Gasteiger partial charge in [-0.3, -0.25) is 9.59 Å². The van der Waals surface area contributed by atoms with Gasteiger partial charge in [-0.2, -0.15) is 18.3 Å². The van der Waals surface area contributed by atoms with E-state index in [4.69, 9.17) is 4.74 Å². The molecular formula is C20H15F3N4O3. The molecule has 0 radical (unpaired) electrons. The number of halogens is 3. The number of hydrogen-bond donors (Lipinski definition) is 2. The van der Waals surface area contributed by atoms with Crippen LogP contribution in [0.25, 0.3) is 5.69 Å². The number of anilines is 2. The van der Waals surface area contributed by atoms with Gasteiger partial charge in [-0.1, -0.05) is 6.07 Å². The molecule has 0 aliphatic carbocycles. The van der Waals surface area contributed by atoms with E-state index in [-0.39, 0.29) is 17.3 Å². The number of alkyl halides is 3. The number of amides is 2. The molecule has 1 atom stereocenters. The van der Waals surface area contributed by atoms with Crippen LogP contribution < -0.4 is 15.4 Å². The maximum absolute atomic E-state index is 12.9. The molecule has 0 unspecified atom stereocenters. The first-order valence-corrected chi connectivity index (χ1v) is 8.87. The van der Waals surface area contributed by atoms with Crippen molar-refractivity contribution >= 4 is 23.2 Å². The van der Waals surface area contributed by atoms with E-state index in [0.29, 0.717) is 17.1 Å². The van der Waals surface area contributed by atoms with E-state index < -0.39 is 23.8 Å². The molecular weight excluding hydrogens is 401 g/mol. The van der Waals surface area contributed by atoms with Crippen molar-refractivity contribution in [3.05, 3.63) is 66.0 Å². The van der Waals surface area contributed by atoms with Crippen molar-refractivity contribution in [2.75, 3.05) is 10.6 Å². The van der Waals surface area contributed by atoms with Gasteiger partial charge >= 0.3 is 6.18 Å². The van der Waals surface area contributed by atoms with Crippen LogP contribution in [0.3, 0.4) is 0 Å². The van der Waals surface area contributed by atoms with Gasteiger partial charge in [-0.25, -0.2) is 4.68 Å². The molecule has 2 amide bonds. The number of fused-ring (bicyclic) bond motifs is 1. The topological polar surface area (TPSA) is 85.2 Å². The van der Waals surface area contributed by atoms with Crippen LogP contribution in [0, 0.1) is 0 Å². The van der Waals surface area contributed by atoms with E-state index in [1.54, 1.807) is 25.1 Å². The summed E-state index contributed by atoms with van der Waals surface area (Å²) < 4.78 is 45.3. The monoisotopic (exact) mass is 416 g/mol. The van der Waals surface area contributed by atoms with E-state index in [9.17, 15) is 22.8 Å². The molecule has 0 saturated carbocycles. The molecule has 0 bridgehead atoms. The largest absolute Gasteiger partial charge is 0.479 e. The van der Waals surface area contributed by atoms with Gasteiger partial charge in [0.15, 0.2) is 11.8 Å². The number of carbonyl (C=O) groups is 2. The first-order chi connectivity index (χ1) is 14.2. The summed E-state index contributed by atoms with van der Waals surface area (Å²) in [5, 5.41) is 9.36. The van der Waals surface area contributed by atoms with E-state index >= 15 is 0 Å². The number of rotatable bonds is 3. The van der Waals surface area contributed by atoms with Crippen LogP contribution in [0.2, 0.25) is 0 Å². The van der Waals surface area contributed by atoms with Crippen molar-refractivity contribution in [2.24, 2.45) is 0 Å². The Balaban J connectivity index is 1.52. The van der Waals surface area contributed by atoms with Gasteiger partial charge in [-0.15, -0.1) is 0 Å². The lowest BCUT2D eigenvalue weighted by molar-refractivity contribution is -0.137. The van der Waals surface area contributed by atoms with Crippen LogP contribution in [-0.4, -0.2) is 27.7 Å². The summed E-state index contributed by atoms with van der Waals surface area (Å²) in [5.41, 5.74) is 0.191. The Morgan fingerprint density at radius 3 is 2.77 bits per heavy atom. The summed E-state index contributed by atoms with van der Waals surface area (Å²) >= 11 is 0. The Morgan fingerprint density at radius 1 is 1.20 bits per heavy atom. The molecule has 1 aromatic heterocycles. The molecule has 154 valence electrons. The third-order valence-electron chi connectivity index (χ3n) is 4.43. The number of aromatic nitrogens is 2. The first kappa shape index (κ1) is 19.5. The lowest BCUT2D eigenvalue weighted by Gasteiger charge is -2.23. The van der Waals surface area contributed by atoms with Crippen molar-refractivity contribution in [3.8, 4) is 11.4 Å². The summed E-state index contributed by atoms with van der Waals surface area (Å²) in [7, 11) is 0. The number of hydrogen-bond acceptors (Lipinski definition) is 4. The maximum atomic E-state index is 12.9. The number of nitrogens with one attached hydrogen (secondary N) is 2. The van der Waals surface area contributed by atoms with Gasteiger partial charge in [-0.05, 0) is 49.4 Å². The summed E-state index contributed by atoms with van der Waals surface area (Å²) in [6, 6.07) is 10.8. The van der Waals surface area contributed by atoms with Crippen LogP contribution in [0.4, 0.5) is 24.5 Å². The first-order valence-electron chi connectivity index (χ1n) is 8.87. The molecule has 0 spiro atoms.